The van der Waals surface area contributed by atoms with E-state index in [1.54, 1.807) is 14.0 Å². The standard InChI is InChI=1S/C22H20ClNO4/c1-11-20(23)21(25)19-14(24-11)8-7-13-18(19)16-9-10-17(28-16)22(13,26)12-5-3-4-6-15(12)27-2/h3-8,16-17,26H,9-10H2,1-2H3,(H,24,25)/t16-,17+,22+/m0/s1. The number of hydrogen-bond donors (Lipinski definition) is 2. The van der Waals surface area contributed by atoms with Gasteiger partial charge in [0.1, 0.15) is 16.4 Å². The molecule has 3 atom stereocenters. The predicted molar refractivity (Wildman–Crippen MR) is 107 cm³/mol. The molecule has 2 aliphatic heterocycles. The maximum Gasteiger partial charge on any atom is 0.208 e. The molecule has 3 heterocycles. The van der Waals surface area contributed by atoms with Crippen molar-refractivity contribution >= 4 is 22.5 Å². The van der Waals surface area contributed by atoms with Crippen molar-refractivity contribution in [2.45, 2.75) is 37.6 Å². The Morgan fingerprint density at radius 2 is 2.00 bits per heavy atom. The van der Waals surface area contributed by atoms with Crippen LogP contribution in [-0.4, -0.2) is 23.3 Å². The summed E-state index contributed by atoms with van der Waals surface area (Å²) in [6, 6.07) is 11.1. The maximum absolute atomic E-state index is 13.1. The Labute approximate surface area is 166 Å². The van der Waals surface area contributed by atoms with Gasteiger partial charge in [0.2, 0.25) is 5.43 Å². The zero-order chi connectivity index (χ0) is 19.6. The number of H-pyrrole nitrogens is 1. The van der Waals surface area contributed by atoms with E-state index in [0.717, 1.165) is 12.0 Å². The third kappa shape index (κ3) is 2.18. The highest BCUT2D eigenvalue weighted by Gasteiger charge is 2.53. The Balaban J connectivity index is 1.89. The largest absolute Gasteiger partial charge is 0.496 e. The molecule has 0 unspecified atom stereocenters. The highest BCUT2D eigenvalue weighted by atomic mass is 35.5. The van der Waals surface area contributed by atoms with Crippen LogP contribution in [0.15, 0.2) is 41.2 Å². The highest BCUT2D eigenvalue weighted by Crippen LogP contribution is 2.54. The molecule has 1 fully saturated rings. The van der Waals surface area contributed by atoms with Gasteiger partial charge in [-0.15, -0.1) is 0 Å². The molecule has 0 aliphatic carbocycles. The monoisotopic (exact) mass is 397 g/mol. The zero-order valence-electron chi connectivity index (χ0n) is 15.6. The molecule has 5 nitrogen and oxygen atoms in total. The number of hydrogen-bond acceptors (Lipinski definition) is 4. The van der Waals surface area contributed by atoms with Crippen LogP contribution in [0.1, 0.15) is 41.3 Å². The van der Waals surface area contributed by atoms with E-state index in [1.165, 1.54) is 0 Å². The molecule has 2 N–H and O–H groups in total. The van der Waals surface area contributed by atoms with Crippen molar-refractivity contribution in [3.63, 3.8) is 0 Å². The molecule has 0 amide bonds. The second-order valence-corrected chi connectivity index (χ2v) is 7.88. The Kier molecular flexibility index (Phi) is 3.85. The zero-order valence-corrected chi connectivity index (χ0v) is 16.3. The quantitative estimate of drug-likeness (QED) is 0.686. The summed E-state index contributed by atoms with van der Waals surface area (Å²) in [5.74, 6) is 0.584. The second kappa shape index (κ2) is 6.08. The van der Waals surface area contributed by atoms with E-state index in [4.69, 9.17) is 21.1 Å². The van der Waals surface area contributed by atoms with Crippen molar-refractivity contribution in [2.24, 2.45) is 0 Å². The fraction of sp³-hybridized carbons (Fsp3) is 0.318. The molecule has 0 radical (unpaired) electrons. The van der Waals surface area contributed by atoms with Crippen molar-refractivity contribution in [1.29, 1.82) is 0 Å². The van der Waals surface area contributed by atoms with E-state index < -0.39 is 11.7 Å². The Morgan fingerprint density at radius 1 is 1.21 bits per heavy atom. The lowest BCUT2D eigenvalue weighted by atomic mass is 9.77. The summed E-state index contributed by atoms with van der Waals surface area (Å²) >= 11 is 6.27. The van der Waals surface area contributed by atoms with E-state index in [2.05, 4.69) is 4.98 Å². The predicted octanol–water partition coefficient (Wildman–Crippen LogP) is 3.97. The first-order valence-corrected chi connectivity index (χ1v) is 9.71. The third-order valence-electron chi connectivity index (χ3n) is 6.06. The molecule has 1 saturated heterocycles. The number of aryl methyl sites for hydroxylation is 1. The molecule has 144 valence electrons. The molecule has 6 heteroatoms. The minimum Gasteiger partial charge on any atom is -0.496 e. The van der Waals surface area contributed by atoms with Crippen LogP contribution in [0.4, 0.5) is 0 Å². The van der Waals surface area contributed by atoms with Crippen LogP contribution in [0, 0.1) is 6.92 Å². The normalized spacial score (nSPS) is 25.7. The molecule has 2 bridgehead atoms. The van der Waals surface area contributed by atoms with Gasteiger partial charge in [-0.2, -0.15) is 0 Å². The SMILES string of the molecule is COc1ccccc1[C@@]1(O)c2ccc3[nH]c(C)c(Cl)c(=O)c3c2[C@@H]2CC[C@H]1O2. The van der Waals surface area contributed by atoms with Crippen molar-refractivity contribution < 1.29 is 14.6 Å². The summed E-state index contributed by atoms with van der Waals surface area (Å²) in [6.07, 6.45) is 0.781. The van der Waals surface area contributed by atoms with Crippen molar-refractivity contribution in [1.82, 2.24) is 4.98 Å². The minimum atomic E-state index is -1.41. The van der Waals surface area contributed by atoms with Crippen LogP contribution in [0.2, 0.25) is 5.02 Å². The van der Waals surface area contributed by atoms with Crippen LogP contribution in [0.3, 0.4) is 0 Å². The first kappa shape index (κ1) is 17.7. The van der Waals surface area contributed by atoms with Crippen molar-refractivity contribution in [3.8, 4) is 5.75 Å². The summed E-state index contributed by atoms with van der Waals surface area (Å²) < 4.78 is 11.8. The van der Waals surface area contributed by atoms with Crippen molar-refractivity contribution in [2.75, 3.05) is 7.11 Å². The van der Waals surface area contributed by atoms with Gasteiger partial charge in [0.25, 0.3) is 0 Å². The van der Waals surface area contributed by atoms with Crippen LogP contribution >= 0.6 is 11.6 Å². The van der Waals surface area contributed by atoms with E-state index in [-0.39, 0.29) is 16.6 Å². The molecule has 1 aromatic heterocycles. The van der Waals surface area contributed by atoms with E-state index in [1.807, 2.05) is 36.4 Å². The number of pyridine rings is 1. The average molecular weight is 398 g/mol. The molecule has 2 aromatic carbocycles. The van der Waals surface area contributed by atoms with Crippen LogP contribution in [0.5, 0.6) is 5.75 Å². The fourth-order valence-corrected chi connectivity index (χ4v) is 4.92. The van der Waals surface area contributed by atoms with Crippen molar-refractivity contribution in [3.05, 3.63) is 74.0 Å². The number of rotatable bonds is 2. The van der Waals surface area contributed by atoms with Gasteiger partial charge in [-0.1, -0.05) is 35.9 Å². The molecule has 5 rings (SSSR count). The molecule has 0 saturated carbocycles. The number of aliphatic hydroxyl groups is 1. The van der Waals surface area contributed by atoms with Gasteiger partial charge in [-0.05, 0) is 37.5 Å². The fourth-order valence-electron chi connectivity index (χ4n) is 4.78. The molecule has 2 aliphatic rings. The van der Waals surface area contributed by atoms with E-state index >= 15 is 0 Å². The van der Waals surface area contributed by atoms with E-state index in [9.17, 15) is 9.90 Å². The number of fused-ring (bicyclic) bond motifs is 6. The van der Waals surface area contributed by atoms with Gasteiger partial charge in [-0.25, -0.2) is 0 Å². The summed E-state index contributed by atoms with van der Waals surface area (Å²) in [4.78, 5) is 16.3. The lowest BCUT2D eigenvalue weighted by molar-refractivity contribution is -0.102. The number of aromatic amines is 1. The van der Waals surface area contributed by atoms with Crippen LogP contribution < -0.4 is 10.2 Å². The molecule has 28 heavy (non-hydrogen) atoms. The Hall–Kier alpha value is -2.34. The van der Waals surface area contributed by atoms with Gasteiger partial charge in [0.05, 0.1) is 24.7 Å². The number of nitrogens with one attached hydrogen (secondary N) is 1. The highest BCUT2D eigenvalue weighted by molar-refractivity contribution is 6.31. The maximum atomic E-state index is 13.1. The number of halogens is 1. The lowest BCUT2D eigenvalue weighted by Crippen LogP contribution is -2.44. The first-order chi connectivity index (χ1) is 13.5. The number of para-hydroxylation sites is 1. The third-order valence-corrected chi connectivity index (χ3v) is 6.51. The van der Waals surface area contributed by atoms with Gasteiger partial charge in [-0.3, -0.25) is 4.79 Å². The number of benzene rings is 2. The second-order valence-electron chi connectivity index (χ2n) is 7.50. The van der Waals surface area contributed by atoms with Gasteiger partial charge < -0.3 is 19.6 Å². The molecular weight excluding hydrogens is 378 g/mol. The van der Waals surface area contributed by atoms with E-state index in [0.29, 0.717) is 39.9 Å². The Bertz CT molecular complexity index is 1170. The molecule has 0 spiro atoms. The number of ether oxygens (including phenoxy) is 2. The number of methoxy groups -OCH3 is 1. The molecule has 3 aromatic rings. The van der Waals surface area contributed by atoms with Crippen LogP contribution in [-0.2, 0) is 10.3 Å². The average Bonchev–Trinajstić information content (AvgIpc) is 3.17. The van der Waals surface area contributed by atoms with Gasteiger partial charge >= 0.3 is 0 Å². The smallest absolute Gasteiger partial charge is 0.208 e. The van der Waals surface area contributed by atoms with Gasteiger partial charge in [0, 0.05) is 22.3 Å². The van der Waals surface area contributed by atoms with Gasteiger partial charge in [0.15, 0.2) is 0 Å². The summed E-state index contributed by atoms with van der Waals surface area (Å²) in [6.45, 7) is 1.77. The lowest BCUT2D eigenvalue weighted by Gasteiger charge is -2.41. The molecular formula is C22H20ClNO4. The summed E-state index contributed by atoms with van der Waals surface area (Å²) in [5, 5.41) is 12.7. The summed E-state index contributed by atoms with van der Waals surface area (Å²) in [5.41, 5.74) is 1.73. The first-order valence-electron chi connectivity index (χ1n) is 9.33. The number of aromatic nitrogens is 1. The topological polar surface area (TPSA) is 71.5 Å². The Morgan fingerprint density at radius 3 is 2.79 bits per heavy atom. The minimum absolute atomic E-state index is 0.168. The van der Waals surface area contributed by atoms with Crippen LogP contribution in [0.25, 0.3) is 10.9 Å². The summed E-state index contributed by atoms with van der Waals surface area (Å²) in [7, 11) is 1.58.